The third-order valence-corrected chi connectivity index (χ3v) is 8.79. The summed E-state index contributed by atoms with van der Waals surface area (Å²) in [6, 6.07) is 2.64. The number of nitrogens with zero attached hydrogens (tertiary/aromatic N) is 1. The fraction of sp³-hybridized carbons (Fsp3) is 0.722. The Balaban J connectivity index is 1.82. The molecule has 0 radical (unpaired) electrons. The molecule has 140 valence electrons. The molecule has 1 aliphatic carbocycles. The summed E-state index contributed by atoms with van der Waals surface area (Å²) >= 11 is 1.16. The number of sulfonamides is 1. The summed E-state index contributed by atoms with van der Waals surface area (Å²) in [5.74, 6) is 0.940. The van der Waals surface area contributed by atoms with Crippen molar-refractivity contribution in [3.63, 3.8) is 0 Å². The van der Waals surface area contributed by atoms with Crippen LogP contribution in [0.15, 0.2) is 21.7 Å². The highest BCUT2D eigenvalue weighted by Crippen LogP contribution is 2.64. The molecule has 1 amide bonds. The first-order valence-corrected chi connectivity index (χ1v) is 11.1. The lowest BCUT2D eigenvalue weighted by Crippen LogP contribution is -2.56. The van der Waals surface area contributed by atoms with Crippen molar-refractivity contribution < 1.29 is 13.2 Å². The number of carbonyl (C=O) groups excluding carboxylic acids is 1. The van der Waals surface area contributed by atoms with Crippen LogP contribution in [-0.2, 0) is 14.8 Å². The smallest absolute Gasteiger partial charge is 0.250 e. The molecule has 7 heteroatoms. The van der Waals surface area contributed by atoms with Gasteiger partial charge in [0.15, 0.2) is 0 Å². The zero-order valence-electron chi connectivity index (χ0n) is 15.7. The molecule has 1 N–H and O–H groups in total. The molecule has 1 saturated heterocycles. The fourth-order valence-electron chi connectivity index (χ4n) is 4.35. The van der Waals surface area contributed by atoms with Gasteiger partial charge in [0.05, 0.1) is 0 Å². The molecule has 0 bridgehead atoms. The minimum atomic E-state index is -3.70. The van der Waals surface area contributed by atoms with Gasteiger partial charge in [-0.25, -0.2) is 8.42 Å². The fourth-order valence-corrected chi connectivity index (χ4v) is 6.75. The molecule has 2 aliphatic rings. The van der Waals surface area contributed by atoms with Crippen molar-refractivity contribution in [2.45, 2.75) is 57.8 Å². The van der Waals surface area contributed by atoms with Crippen molar-refractivity contribution in [1.82, 2.24) is 9.62 Å². The summed E-state index contributed by atoms with van der Waals surface area (Å²) in [5.41, 5.74) is -0.215. The Kier molecular flexibility index (Phi) is 4.37. The standard InChI is InChI=1S/C18H28N2O3S2/c1-11-14-12(18(14,5)6)10-20(11)16(21)15(17(2,3)4)19-25(22,23)13-8-7-9-24-13/h7-9,11-12,14-15,19H,10H2,1-6H3/t11-,12?,14-,15-/m1/s1. The van der Waals surface area contributed by atoms with Gasteiger partial charge in [0.1, 0.15) is 10.3 Å². The Bertz CT molecular complexity index is 763. The Hall–Kier alpha value is -0.920. The van der Waals surface area contributed by atoms with Gasteiger partial charge in [0.25, 0.3) is 10.0 Å². The number of rotatable bonds is 4. The summed E-state index contributed by atoms with van der Waals surface area (Å²) in [6.07, 6.45) is 0. The molecular weight excluding hydrogens is 356 g/mol. The van der Waals surface area contributed by atoms with Crippen molar-refractivity contribution in [3.8, 4) is 0 Å². The molecular formula is C18H28N2O3S2. The zero-order chi connectivity index (χ0) is 18.8. The maximum atomic E-state index is 13.2. The molecule has 4 atom stereocenters. The van der Waals surface area contributed by atoms with Crippen molar-refractivity contribution >= 4 is 27.3 Å². The second-order valence-corrected chi connectivity index (χ2v) is 11.9. The lowest BCUT2D eigenvalue weighted by atomic mass is 9.86. The molecule has 0 aromatic carbocycles. The molecule has 25 heavy (non-hydrogen) atoms. The van der Waals surface area contributed by atoms with Gasteiger partial charge in [-0.3, -0.25) is 4.79 Å². The van der Waals surface area contributed by atoms with E-state index in [1.54, 1.807) is 17.5 Å². The Morgan fingerprint density at radius 1 is 1.40 bits per heavy atom. The van der Waals surface area contributed by atoms with E-state index in [9.17, 15) is 13.2 Å². The number of amides is 1. The van der Waals surface area contributed by atoms with Crippen molar-refractivity contribution in [2.75, 3.05) is 6.54 Å². The van der Waals surface area contributed by atoms with Gasteiger partial charge in [0.2, 0.25) is 5.91 Å². The first kappa shape index (κ1) is 18.9. The third-order valence-electron chi connectivity index (χ3n) is 5.97. The molecule has 3 rings (SSSR count). The van der Waals surface area contributed by atoms with E-state index in [1.165, 1.54) is 0 Å². The average Bonchev–Trinajstić information content (AvgIpc) is 2.93. The second kappa shape index (κ2) is 5.79. The van der Waals surface area contributed by atoms with Gasteiger partial charge in [-0.15, -0.1) is 11.3 Å². The molecule has 0 spiro atoms. The number of hydrogen-bond acceptors (Lipinski definition) is 4. The summed E-state index contributed by atoms with van der Waals surface area (Å²) in [7, 11) is -3.70. The van der Waals surface area contributed by atoms with Crippen LogP contribution in [0, 0.1) is 22.7 Å². The van der Waals surface area contributed by atoms with Crippen molar-refractivity contribution in [3.05, 3.63) is 17.5 Å². The van der Waals surface area contributed by atoms with Crippen LogP contribution in [0.3, 0.4) is 0 Å². The monoisotopic (exact) mass is 384 g/mol. The number of fused-ring (bicyclic) bond motifs is 1. The van der Waals surface area contributed by atoms with E-state index < -0.39 is 21.5 Å². The molecule has 5 nitrogen and oxygen atoms in total. The first-order chi connectivity index (χ1) is 11.4. The van der Waals surface area contributed by atoms with Crippen LogP contribution < -0.4 is 4.72 Å². The second-order valence-electron chi connectivity index (χ2n) is 9.04. The van der Waals surface area contributed by atoms with E-state index >= 15 is 0 Å². The number of piperidine rings is 1. The quantitative estimate of drug-likeness (QED) is 0.868. The van der Waals surface area contributed by atoms with Crippen LogP contribution in [0.5, 0.6) is 0 Å². The van der Waals surface area contributed by atoms with E-state index in [-0.39, 0.29) is 16.2 Å². The number of likely N-dealkylation sites (tertiary alicyclic amines) is 1. The molecule has 2 heterocycles. The topological polar surface area (TPSA) is 66.5 Å². The number of carbonyl (C=O) groups is 1. The SMILES string of the molecule is C[C@@H]1[C@@H]2C(CN1C(=O)[C@@H](NS(=O)(=O)c1cccs1)C(C)(C)C)C2(C)C. The van der Waals surface area contributed by atoms with Crippen LogP contribution in [0.25, 0.3) is 0 Å². The van der Waals surface area contributed by atoms with Crippen LogP contribution >= 0.6 is 11.3 Å². The van der Waals surface area contributed by atoms with E-state index in [0.717, 1.165) is 17.9 Å². The normalized spacial score (nSPS) is 29.4. The van der Waals surface area contributed by atoms with Crippen LogP contribution in [-0.4, -0.2) is 37.9 Å². The number of thiophene rings is 1. The molecule has 1 aromatic heterocycles. The Morgan fingerprint density at radius 3 is 2.48 bits per heavy atom. The third kappa shape index (κ3) is 3.15. The van der Waals surface area contributed by atoms with Gasteiger partial charge >= 0.3 is 0 Å². The molecule has 1 aliphatic heterocycles. The maximum Gasteiger partial charge on any atom is 0.250 e. The van der Waals surface area contributed by atoms with Crippen LogP contribution in [0.4, 0.5) is 0 Å². The van der Waals surface area contributed by atoms with E-state index in [4.69, 9.17) is 0 Å². The first-order valence-electron chi connectivity index (χ1n) is 8.73. The summed E-state index contributed by atoms with van der Waals surface area (Å²) in [6.45, 7) is 13.0. The summed E-state index contributed by atoms with van der Waals surface area (Å²) < 4.78 is 28.2. The van der Waals surface area contributed by atoms with Gasteiger partial charge in [-0.1, -0.05) is 40.7 Å². The zero-order valence-corrected chi connectivity index (χ0v) is 17.4. The summed E-state index contributed by atoms with van der Waals surface area (Å²) in [4.78, 5) is 15.1. The average molecular weight is 385 g/mol. The molecule has 2 fully saturated rings. The summed E-state index contributed by atoms with van der Waals surface area (Å²) in [5, 5.41) is 1.72. The van der Waals surface area contributed by atoms with Crippen LogP contribution in [0.1, 0.15) is 41.5 Å². The van der Waals surface area contributed by atoms with Gasteiger partial charge in [-0.2, -0.15) is 4.72 Å². The van der Waals surface area contributed by atoms with Gasteiger partial charge in [-0.05, 0) is 41.0 Å². The predicted octanol–water partition coefficient (Wildman–Crippen LogP) is 2.94. The highest BCUT2D eigenvalue weighted by atomic mass is 32.2. The minimum absolute atomic E-state index is 0.108. The molecule has 1 aromatic rings. The highest BCUT2D eigenvalue weighted by molar-refractivity contribution is 7.91. The van der Waals surface area contributed by atoms with E-state index in [0.29, 0.717) is 17.3 Å². The van der Waals surface area contributed by atoms with Crippen molar-refractivity contribution in [1.29, 1.82) is 0 Å². The Morgan fingerprint density at radius 2 is 2.04 bits per heavy atom. The number of hydrogen-bond donors (Lipinski definition) is 1. The van der Waals surface area contributed by atoms with Gasteiger partial charge < -0.3 is 4.90 Å². The van der Waals surface area contributed by atoms with E-state index in [2.05, 4.69) is 25.5 Å². The lowest BCUT2D eigenvalue weighted by molar-refractivity contribution is -0.137. The minimum Gasteiger partial charge on any atom is -0.338 e. The highest BCUT2D eigenvalue weighted by Gasteiger charge is 2.66. The van der Waals surface area contributed by atoms with Gasteiger partial charge in [0, 0.05) is 12.6 Å². The van der Waals surface area contributed by atoms with E-state index in [1.807, 2.05) is 25.7 Å². The number of nitrogens with one attached hydrogen (secondary N) is 1. The Labute approximate surface area is 154 Å². The molecule has 1 saturated carbocycles. The largest absolute Gasteiger partial charge is 0.338 e. The predicted molar refractivity (Wildman–Crippen MR) is 99.8 cm³/mol. The molecule has 1 unspecified atom stereocenters. The van der Waals surface area contributed by atoms with Crippen LogP contribution in [0.2, 0.25) is 0 Å². The van der Waals surface area contributed by atoms with Crippen molar-refractivity contribution in [2.24, 2.45) is 22.7 Å². The maximum absolute atomic E-state index is 13.2. The lowest BCUT2D eigenvalue weighted by Gasteiger charge is -2.36.